The van der Waals surface area contributed by atoms with Crippen LogP contribution in [0.2, 0.25) is 0 Å². The predicted molar refractivity (Wildman–Crippen MR) is 58.5 cm³/mol. The molecule has 8 nitrogen and oxygen atoms in total. The molecule has 0 N–H and O–H groups in total. The van der Waals surface area contributed by atoms with Crippen LogP contribution in [0.1, 0.15) is 10.5 Å². The second-order valence-corrected chi connectivity index (χ2v) is 3.27. The third kappa shape index (κ3) is 2.06. The maximum absolute atomic E-state index is 11.3. The minimum absolute atomic E-state index is 0.251. The first-order chi connectivity index (χ1) is 8.26. The van der Waals surface area contributed by atoms with Gasteiger partial charge >= 0.3 is 5.97 Å². The number of esters is 1. The highest BCUT2D eigenvalue weighted by Gasteiger charge is 2.12. The third-order valence-electron chi connectivity index (χ3n) is 2.30. The second-order valence-electron chi connectivity index (χ2n) is 3.27. The molecule has 0 atom stereocenters. The van der Waals surface area contributed by atoms with E-state index in [-0.39, 0.29) is 5.69 Å². The van der Waals surface area contributed by atoms with E-state index in [1.54, 1.807) is 23.0 Å². The average molecular weight is 234 g/mol. The number of ether oxygens (including phenoxy) is 1. The summed E-state index contributed by atoms with van der Waals surface area (Å²) in [6.07, 6.45) is 3.52. The van der Waals surface area contributed by atoms with Crippen LogP contribution in [0, 0.1) is 0 Å². The van der Waals surface area contributed by atoms with Gasteiger partial charge in [0.05, 0.1) is 7.11 Å². The van der Waals surface area contributed by atoms with Crippen LogP contribution in [0.5, 0.6) is 0 Å². The van der Waals surface area contributed by atoms with Crippen molar-refractivity contribution >= 4 is 11.6 Å². The normalized spacial score (nSPS) is 10.2. The lowest BCUT2D eigenvalue weighted by atomic mass is 10.4. The van der Waals surface area contributed by atoms with Crippen molar-refractivity contribution in [3.8, 4) is 0 Å². The quantitative estimate of drug-likeness (QED) is 0.344. The van der Waals surface area contributed by atoms with Crippen molar-refractivity contribution in [2.45, 2.75) is 6.54 Å². The van der Waals surface area contributed by atoms with Crippen molar-refractivity contribution in [3.05, 3.63) is 34.6 Å². The van der Waals surface area contributed by atoms with Gasteiger partial charge in [-0.2, -0.15) is 5.10 Å². The van der Waals surface area contributed by atoms with Gasteiger partial charge in [0.25, 0.3) is 0 Å². The van der Waals surface area contributed by atoms with Crippen molar-refractivity contribution in [3.63, 3.8) is 0 Å². The van der Waals surface area contributed by atoms with E-state index in [1.807, 2.05) is 4.57 Å². The molecule has 8 heteroatoms. The van der Waals surface area contributed by atoms with E-state index < -0.39 is 5.97 Å². The van der Waals surface area contributed by atoms with E-state index in [9.17, 15) is 4.79 Å². The molecular formula is C9H10N6O2. The maximum Gasteiger partial charge on any atom is 0.358 e. The summed E-state index contributed by atoms with van der Waals surface area (Å²) >= 11 is 0. The lowest BCUT2D eigenvalue weighted by Crippen LogP contribution is -2.01. The maximum atomic E-state index is 11.3. The summed E-state index contributed by atoms with van der Waals surface area (Å²) in [6.45, 7) is 0.881. The first-order valence-corrected chi connectivity index (χ1v) is 4.90. The van der Waals surface area contributed by atoms with E-state index in [0.717, 1.165) is 5.65 Å². The number of carbonyl (C=O) groups is 1. The fourth-order valence-electron chi connectivity index (χ4n) is 1.52. The number of carbonyl (C=O) groups excluding carboxylic acids is 1. The van der Waals surface area contributed by atoms with E-state index in [4.69, 9.17) is 5.53 Å². The molecule has 2 aromatic rings. The number of methoxy groups -OCH3 is 1. The molecule has 0 fully saturated rings. The van der Waals surface area contributed by atoms with Gasteiger partial charge in [0.1, 0.15) is 5.65 Å². The fraction of sp³-hybridized carbons (Fsp3) is 0.333. The molecule has 0 amide bonds. The van der Waals surface area contributed by atoms with Crippen LogP contribution >= 0.6 is 0 Å². The van der Waals surface area contributed by atoms with Gasteiger partial charge < -0.3 is 9.30 Å². The Bertz CT molecular complexity index is 592. The molecule has 0 aromatic carbocycles. The monoisotopic (exact) mass is 234 g/mol. The van der Waals surface area contributed by atoms with Crippen LogP contribution in [-0.2, 0) is 11.3 Å². The number of hydrogen-bond donors (Lipinski definition) is 0. The molecule has 2 heterocycles. The molecule has 0 unspecified atom stereocenters. The smallest absolute Gasteiger partial charge is 0.358 e. The zero-order valence-corrected chi connectivity index (χ0v) is 9.15. The van der Waals surface area contributed by atoms with E-state index in [1.165, 1.54) is 7.11 Å². The molecule has 0 spiro atoms. The number of imidazole rings is 1. The lowest BCUT2D eigenvalue weighted by Gasteiger charge is -1.97. The van der Waals surface area contributed by atoms with Gasteiger partial charge in [-0.15, -0.1) is 0 Å². The molecular weight excluding hydrogens is 224 g/mol. The molecule has 0 saturated carbocycles. The van der Waals surface area contributed by atoms with Crippen LogP contribution in [0.25, 0.3) is 16.1 Å². The van der Waals surface area contributed by atoms with Crippen molar-refractivity contribution in [2.75, 3.05) is 13.7 Å². The van der Waals surface area contributed by atoms with Gasteiger partial charge in [-0.05, 0) is 5.53 Å². The summed E-state index contributed by atoms with van der Waals surface area (Å²) in [5.74, 6) is -0.477. The minimum atomic E-state index is -0.477. The number of hydrogen-bond acceptors (Lipinski definition) is 4. The molecule has 2 rings (SSSR count). The molecule has 2 aromatic heterocycles. The zero-order chi connectivity index (χ0) is 12.3. The Morgan fingerprint density at radius 3 is 3.18 bits per heavy atom. The highest BCUT2D eigenvalue weighted by Crippen LogP contribution is 2.09. The van der Waals surface area contributed by atoms with Crippen LogP contribution in [0.3, 0.4) is 0 Å². The zero-order valence-electron chi connectivity index (χ0n) is 9.15. The SMILES string of the molecule is COC(=O)c1cc2n(CCN=[N+]=[N-])ccn2n1. The summed E-state index contributed by atoms with van der Waals surface area (Å²) in [6, 6.07) is 1.63. The van der Waals surface area contributed by atoms with Crippen LogP contribution in [-0.4, -0.2) is 33.8 Å². The first-order valence-electron chi connectivity index (χ1n) is 4.90. The van der Waals surface area contributed by atoms with E-state index >= 15 is 0 Å². The summed E-state index contributed by atoms with van der Waals surface area (Å²) < 4.78 is 8.00. The van der Waals surface area contributed by atoms with Crippen molar-refractivity contribution < 1.29 is 9.53 Å². The minimum Gasteiger partial charge on any atom is -0.464 e. The van der Waals surface area contributed by atoms with Gasteiger partial charge in [-0.3, -0.25) is 0 Å². The Labute approximate surface area is 96.0 Å². The Balaban J connectivity index is 2.29. The topological polar surface area (TPSA) is 97.3 Å². The summed E-state index contributed by atoms with van der Waals surface area (Å²) in [7, 11) is 1.31. The van der Waals surface area contributed by atoms with Gasteiger partial charge in [-0.25, -0.2) is 9.31 Å². The van der Waals surface area contributed by atoms with Crippen LogP contribution in [0.15, 0.2) is 23.6 Å². The molecule has 0 aliphatic rings. The van der Waals surface area contributed by atoms with Crippen LogP contribution < -0.4 is 0 Å². The molecule has 0 aliphatic carbocycles. The molecule has 88 valence electrons. The number of fused-ring (bicyclic) bond motifs is 1. The average Bonchev–Trinajstić information content (AvgIpc) is 2.90. The van der Waals surface area contributed by atoms with E-state index in [2.05, 4.69) is 19.9 Å². The van der Waals surface area contributed by atoms with Gasteiger partial charge in [0.15, 0.2) is 5.69 Å². The van der Waals surface area contributed by atoms with Gasteiger partial charge in [-0.1, -0.05) is 5.11 Å². The molecule has 0 radical (unpaired) electrons. The van der Waals surface area contributed by atoms with Crippen molar-refractivity contribution in [1.82, 2.24) is 14.2 Å². The molecule has 0 saturated heterocycles. The van der Waals surface area contributed by atoms with Gasteiger partial charge in [0.2, 0.25) is 0 Å². The standard InChI is InChI=1S/C9H10N6O2/c1-17-9(16)7-6-8-14(3-2-11-13-10)4-5-15(8)12-7/h4-6H,2-3H2,1H3. The highest BCUT2D eigenvalue weighted by molar-refractivity contribution is 5.88. The summed E-state index contributed by atoms with van der Waals surface area (Å²) in [5, 5.41) is 7.50. The Morgan fingerprint density at radius 2 is 2.47 bits per heavy atom. The Kier molecular flexibility index (Phi) is 2.97. The predicted octanol–water partition coefficient (Wildman–Crippen LogP) is 1.23. The van der Waals surface area contributed by atoms with Gasteiger partial charge in [0, 0.05) is 36.5 Å². The Hall–Kier alpha value is -2.47. The Morgan fingerprint density at radius 1 is 1.65 bits per heavy atom. The van der Waals surface area contributed by atoms with Crippen LogP contribution in [0.4, 0.5) is 0 Å². The number of aromatic nitrogens is 3. The summed E-state index contributed by atoms with van der Waals surface area (Å²) in [4.78, 5) is 14.0. The second kappa shape index (κ2) is 4.58. The molecule has 0 bridgehead atoms. The lowest BCUT2D eigenvalue weighted by molar-refractivity contribution is 0.0593. The van der Waals surface area contributed by atoms with Crippen molar-refractivity contribution in [2.24, 2.45) is 5.11 Å². The fourth-order valence-corrected chi connectivity index (χ4v) is 1.52. The van der Waals surface area contributed by atoms with Crippen molar-refractivity contribution in [1.29, 1.82) is 0 Å². The first kappa shape index (κ1) is 11.0. The summed E-state index contributed by atoms with van der Waals surface area (Å²) in [5.41, 5.74) is 9.19. The van der Waals surface area contributed by atoms with E-state index in [0.29, 0.717) is 13.1 Å². The molecule has 17 heavy (non-hydrogen) atoms. The number of azide groups is 1. The highest BCUT2D eigenvalue weighted by atomic mass is 16.5. The number of rotatable bonds is 4. The largest absolute Gasteiger partial charge is 0.464 e. The number of nitrogens with zero attached hydrogens (tertiary/aromatic N) is 6. The third-order valence-corrected chi connectivity index (χ3v) is 2.30. The molecule has 0 aliphatic heterocycles.